The summed E-state index contributed by atoms with van der Waals surface area (Å²) in [7, 11) is 0. The van der Waals surface area contributed by atoms with Gasteiger partial charge in [-0.3, -0.25) is 4.98 Å². The van der Waals surface area contributed by atoms with Crippen LogP contribution in [0, 0.1) is 4.91 Å². The number of hydrogen-bond donors (Lipinski definition) is 2. The molecule has 29 heavy (non-hydrogen) atoms. The summed E-state index contributed by atoms with van der Waals surface area (Å²) in [6, 6.07) is 22.3. The maximum absolute atomic E-state index is 10.5. The monoisotopic (exact) mass is 418 g/mol. The van der Waals surface area contributed by atoms with Gasteiger partial charge in [-0.05, 0) is 71.3 Å². The fourth-order valence-corrected chi connectivity index (χ4v) is 3.46. The van der Waals surface area contributed by atoms with Crippen molar-refractivity contribution in [3.63, 3.8) is 0 Å². The lowest BCUT2D eigenvalue weighted by molar-refractivity contribution is 1.36. The van der Waals surface area contributed by atoms with E-state index in [4.69, 9.17) is 23.8 Å². The Balaban J connectivity index is 1.59. The van der Waals surface area contributed by atoms with Crippen molar-refractivity contribution < 1.29 is 0 Å². The largest absolute Gasteiger partial charge is 0.332 e. The van der Waals surface area contributed by atoms with Gasteiger partial charge in [0.05, 0.1) is 10.7 Å². The molecule has 4 aromatic rings. The molecule has 0 atom stereocenters. The molecule has 0 aliphatic rings. The SMILES string of the molecule is O=Nc1ccc(NC(=S)Nc2ccc(Cl)c(-c3nccc4ccccc34)c2)cc1. The number of nitrogens with zero attached hydrogens (tertiary/aromatic N) is 2. The zero-order valence-electron chi connectivity index (χ0n) is 15.1. The molecule has 0 bridgehead atoms. The van der Waals surface area contributed by atoms with Gasteiger partial charge < -0.3 is 10.6 Å². The highest BCUT2D eigenvalue weighted by molar-refractivity contribution is 7.80. The molecule has 0 spiro atoms. The van der Waals surface area contributed by atoms with Crippen LogP contribution in [0.5, 0.6) is 0 Å². The fraction of sp³-hybridized carbons (Fsp3) is 0. The molecule has 0 saturated carbocycles. The lowest BCUT2D eigenvalue weighted by Gasteiger charge is -2.13. The molecule has 0 radical (unpaired) electrons. The Morgan fingerprint density at radius 2 is 1.66 bits per heavy atom. The van der Waals surface area contributed by atoms with Gasteiger partial charge in [0.25, 0.3) is 0 Å². The zero-order valence-corrected chi connectivity index (χ0v) is 16.7. The Morgan fingerprint density at radius 3 is 2.45 bits per heavy atom. The predicted octanol–water partition coefficient (Wildman–Crippen LogP) is 6.76. The van der Waals surface area contributed by atoms with Gasteiger partial charge in [-0.15, -0.1) is 4.91 Å². The number of fused-ring (bicyclic) bond motifs is 1. The molecular weight excluding hydrogens is 404 g/mol. The molecule has 2 N–H and O–H groups in total. The number of aromatic nitrogens is 1. The summed E-state index contributed by atoms with van der Waals surface area (Å²) >= 11 is 11.9. The number of benzene rings is 3. The van der Waals surface area contributed by atoms with Crippen molar-refractivity contribution in [3.8, 4) is 11.3 Å². The molecule has 0 amide bonds. The standard InChI is InChI=1S/C22H15ClN4OS/c23-20-10-9-17(26-22(29)25-15-5-7-16(27-28)8-6-15)13-19(20)21-18-4-2-1-3-14(18)11-12-24-21/h1-13H,(H2,25,26,29). The first-order chi connectivity index (χ1) is 14.1. The van der Waals surface area contributed by atoms with Crippen LogP contribution < -0.4 is 10.6 Å². The van der Waals surface area contributed by atoms with Crippen LogP contribution >= 0.6 is 23.8 Å². The number of anilines is 2. The number of rotatable bonds is 4. The first kappa shape index (κ1) is 19.0. The molecule has 4 rings (SSSR count). The summed E-state index contributed by atoms with van der Waals surface area (Å²) < 4.78 is 0. The van der Waals surface area contributed by atoms with E-state index in [0.29, 0.717) is 15.8 Å². The van der Waals surface area contributed by atoms with Crippen molar-refractivity contribution in [1.29, 1.82) is 0 Å². The van der Waals surface area contributed by atoms with Gasteiger partial charge >= 0.3 is 0 Å². The van der Waals surface area contributed by atoms with Crippen LogP contribution in [0.1, 0.15) is 0 Å². The summed E-state index contributed by atoms with van der Waals surface area (Å²) in [6.45, 7) is 0. The number of hydrogen-bond acceptors (Lipinski definition) is 4. The van der Waals surface area contributed by atoms with Gasteiger partial charge in [-0.25, -0.2) is 0 Å². The van der Waals surface area contributed by atoms with Crippen molar-refractivity contribution >= 4 is 56.8 Å². The Bertz CT molecular complexity index is 1210. The molecular formula is C22H15ClN4OS. The third kappa shape index (κ3) is 4.23. The van der Waals surface area contributed by atoms with Crippen LogP contribution in [0.15, 0.2) is 84.2 Å². The maximum atomic E-state index is 10.5. The second-order valence-electron chi connectivity index (χ2n) is 6.29. The van der Waals surface area contributed by atoms with Crippen LogP contribution in [0.25, 0.3) is 22.0 Å². The van der Waals surface area contributed by atoms with Gasteiger partial charge in [0.2, 0.25) is 0 Å². The Kier molecular flexibility index (Phi) is 5.46. The molecule has 0 saturated heterocycles. The summed E-state index contributed by atoms with van der Waals surface area (Å²) in [5.41, 5.74) is 3.52. The van der Waals surface area contributed by atoms with E-state index in [9.17, 15) is 4.91 Å². The van der Waals surface area contributed by atoms with Gasteiger partial charge in [-0.1, -0.05) is 35.9 Å². The summed E-state index contributed by atoms with van der Waals surface area (Å²) in [5, 5.41) is 12.2. The van der Waals surface area contributed by atoms with Gasteiger partial charge in [0.1, 0.15) is 5.69 Å². The first-order valence-electron chi connectivity index (χ1n) is 8.79. The van der Waals surface area contributed by atoms with Crippen LogP contribution in [0.4, 0.5) is 17.1 Å². The topological polar surface area (TPSA) is 66.4 Å². The van der Waals surface area contributed by atoms with Gasteiger partial charge in [0.15, 0.2) is 5.11 Å². The minimum Gasteiger partial charge on any atom is -0.332 e. The third-order valence-corrected chi connectivity index (χ3v) is 4.92. The molecule has 5 nitrogen and oxygen atoms in total. The second kappa shape index (κ2) is 8.34. The molecule has 142 valence electrons. The number of halogens is 1. The lowest BCUT2D eigenvalue weighted by atomic mass is 10.0. The van der Waals surface area contributed by atoms with E-state index in [2.05, 4.69) is 20.8 Å². The molecule has 7 heteroatoms. The van der Waals surface area contributed by atoms with Crippen LogP contribution in [-0.4, -0.2) is 10.1 Å². The van der Waals surface area contributed by atoms with Crippen LogP contribution in [-0.2, 0) is 0 Å². The van der Waals surface area contributed by atoms with Crippen molar-refractivity contribution in [3.05, 3.63) is 88.9 Å². The van der Waals surface area contributed by atoms with Crippen molar-refractivity contribution in [2.45, 2.75) is 0 Å². The molecule has 0 fully saturated rings. The summed E-state index contributed by atoms with van der Waals surface area (Å²) in [6.07, 6.45) is 1.78. The molecule has 3 aromatic carbocycles. The molecule has 1 aromatic heterocycles. The highest BCUT2D eigenvalue weighted by Crippen LogP contribution is 2.33. The lowest BCUT2D eigenvalue weighted by Crippen LogP contribution is -2.19. The van der Waals surface area contributed by atoms with E-state index in [0.717, 1.165) is 33.4 Å². The number of nitrogens with one attached hydrogen (secondary N) is 2. The predicted molar refractivity (Wildman–Crippen MR) is 124 cm³/mol. The Hall–Kier alpha value is -3.35. The normalized spacial score (nSPS) is 10.5. The fourth-order valence-electron chi connectivity index (χ4n) is 3.02. The van der Waals surface area contributed by atoms with Crippen molar-refractivity contribution in [2.24, 2.45) is 5.18 Å². The summed E-state index contributed by atoms with van der Waals surface area (Å²) in [5.74, 6) is 0. The van der Waals surface area contributed by atoms with Crippen LogP contribution in [0.3, 0.4) is 0 Å². The smallest absolute Gasteiger partial charge is 0.175 e. The highest BCUT2D eigenvalue weighted by Gasteiger charge is 2.11. The van der Waals surface area contributed by atoms with E-state index < -0.39 is 0 Å². The van der Waals surface area contributed by atoms with Crippen LogP contribution in [0.2, 0.25) is 5.02 Å². The quantitative estimate of drug-likeness (QED) is 0.283. The number of pyridine rings is 1. The molecule has 1 heterocycles. The number of thiocarbonyl (C=S) groups is 1. The van der Waals surface area contributed by atoms with Gasteiger partial charge in [-0.2, -0.15) is 0 Å². The minimum atomic E-state index is 0.361. The van der Waals surface area contributed by atoms with Gasteiger partial charge in [0, 0.05) is 28.5 Å². The van der Waals surface area contributed by atoms with E-state index in [1.54, 1.807) is 30.5 Å². The zero-order chi connectivity index (χ0) is 20.2. The third-order valence-electron chi connectivity index (χ3n) is 4.38. The average Bonchev–Trinajstić information content (AvgIpc) is 2.75. The average molecular weight is 419 g/mol. The first-order valence-corrected chi connectivity index (χ1v) is 9.58. The maximum Gasteiger partial charge on any atom is 0.175 e. The van der Waals surface area contributed by atoms with E-state index in [1.165, 1.54) is 0 Å². The summed E-state index contributed by atoms with van der Waals surface area (Å²) in [4.78, 5) is 15.1. The second-order valence-corrected chi connectivity index (χ2v) is 7.11. The Labute approximate surface area is 177 Å². The molecule has 0 unspecified atom stereocenters. The number of nitroso groups, excluding NO2 is 1. The molecule has 0 aliphatic carbocycles. The van der Waals surface area contributed by atoms with E-state index in [-0.39, 0.29) is 0 Å². The van der Waals surface area contributed by atoms with E-state index >= 15 is 0 Å². The van der Waals surface area contributed by atoms with E-state index in [1.807, 2.05) is 48.5 Å². The molecule has 0 aliphatic heterocycles. The van der Waals surface area contributed by atoms with Crippen molar-refractivity contribution in [2.75, 3.05) is 10.6 Å². The Morgan fingerprint density at radius 1 is 0.931 bits per heavy atom. The van der Waals surface area contributed by atoms with Crippen molar-refractivity contribution in [1.82, 2.24) is 4.98 Å². The minimum absolute atomic E-state index is 0.361. The highest BCUT2D eigenvalue weighted by atomic mass is 35.5.